The molecule has 60 valence electrons. The molecule has 0 N–H and O–H groups in total. The Morgan fingerprint density at radius 3 is 2.85 bits per heavy atom. The number of rotatable bonds is 0. The molecule has 0 fully saturated rings. The van der Waals surface area contributed by atoms with Crippen LogP contribution in [0.15, 0.2) is 29.2 Å². The fraction of sp³-hybridized carbons (Fsp3) is 0.111. The molecule has 2 heterocycles. The van der Waals surface area contributed by atoms with Gasteiger partial charge in [0.1, 0.15) is 0 Å². The summed E-state index contributed by atoms with van der Waals surface area (Å²) in [5, 5.41) is 0.942. The molecule has 0 bridgehead atoms. The fourth-order valence-electron chi connectivity index (χ4n) is 1.15. The van der Waals surface area contributed by atoms with E-state index in [4.69, 9.17) is 0 Å². The van der Waals surface area contributed by atoms with Crippen molar-refractivity contribution in [1.29, 1.82) is 0 Å². The van der Waals surface area contributed by atoms with Gasteiger partial charge in [-0.3, -0.25) is 4.79 Å². The Morgan fingerprint density at radius 2 is 2.08 bits per heavy atom. The van der Waals surface area contributed by atoms with Gasteiger partial charge in [-0.1, -0.05) is 18.3 Å². The normalized spacial score (nSPS) is 9.62. The number of hydrogen-bond donors (Lipinski definition) is 0. The molecule has 0 amide bonds. The second kappa shape index (κ2) is 4.60. The Labute approximate surface area is 124 Å². The van der Waals surface area contributed by atoms with Gasteiger partial charge in [0.05, 0.1) is 0 Å². The zero-order chi connectivity index (χ0) is 8.55. The Kier molecular flexibility index (Phi) is 3.97. The van der Waals surface area contributed by atoms with Crippen LogP contribution in [0.4, 0.5) is 0 Å². The topological polar surface area (TPSA) is 44.1 Å². The first-order chi connectivity index (χ1) is 5.77. The molecule has 4 heteroatoms. The minimum atomic E-state index is -0.236. The van der Waals surface area contributed by atoms with Gasteiger partial charge in [0.25, 0.3) is 0 Å². The van der Waals surface area contributed by atoms with Gasteiger partial charge in [-0.05, 0) is 29.6 Å². The van der Waals surface area contributed by atoms with Crippen molar-refractivity contribution >= 4 is 11.0 Å². The summed E-state index contributed by atoms with van der Waals surface area (Å²) in [7, 11) is 0. The van der Waals surface area contributed by atoms with Crippen molar-refractivity contribution in [2.45, 2.75) is 6.92 Å². The van der Waals surface area contributed by atoms with Crippen molar-refractivity contribution in [3.05, 3.63) is 40.3 Å². The zero-order valence-corrected chi connectivity index (χ0v) is 12.5. The van der Waals surface area contributed by atoms with E-state index in [2.05, 4.69) is 9.97 Å². The maximum atomic E-state index is 10.8. The van der Waals surface area contributed by atoms with Gasteiger partial charge < -0.3 is 9.97 Å². The minimum Gasteiger partial charge on any atom is -0.442 e. The molecule has 3 nitrogen and oxygen atoms in total. The first-order valence-corrected chi connectivity index (χ1v) is 3.67. The predicted octanol–water partition coefficient (Wildman–Crippen LogP) is -2.14. The van der Waals surface area contributed by atoms with Crippen LogP contribution in [0.1, 0.15) is 5.56 Å². The summed E-state index contributed by atoms with van der Waals surface area (Å²) in [5.74, 6) is 0. The van der Waals surface area contributed by atoms with E-state index in [0.29, 0.717) is 5.65 Å². The molecule has 2 aromatic heterocycles. The molecule has 0 spiro atoms. The standard InChI is InChI=1S/C9H8N2O.Rb/c1-6-4-5-10-9-7(6)2-3-8(12)11-9;/h2-5H,1H3,(H,10,11,12);/q;+1/p-1. The van der Waals surface area contributed by atoms with Gasteiger partial charge in [0, 0.05) is 0 Å². The summed E-state index contributed by atoms with van der Waals surface area (Å²) in [4.78, 5) is 18.6. The van der Waals surface area contributed by atoms with Gasteiger partial charge in [0.2, 0.25) is 0 Å². The summed E-state index contributed by atoms with van der Waals surface area (Å²) in [6, 6.07) is 5.11. The van der Waals surface area contributed by atoms with Gasteiger partial charge >= 0.3 is 58.2 Å². The smallest absolute Gasteiger partial charge is 0.442 e. The Bertz CT molecular complexity index is 478. The van der Waals surface area contributed by atoms with E-state index in [-0.39, 0.29) is 63.7 Å². The van der Waals surface area contributed by atoms with Crippen molar-refractivity contribution in [2.75, 3.05) is 0 Å². The van der Waals surface area contributed by atoms with Crippen LogP contribution in [0.3, 0.4) is 0 Å². The van der Waals surface area contributed by atoms with E-state index in [1.807, 2.05) is 13.0 Å². The third kappa shape index (κ3) is 2.34. The molecule has 0 aromatic carbocycles. The van der Waals surface area contributed by atoms with Gasteiger partial charge in [-0.25, -0.2) is 0 Å². The molecule has 0 aliphatic rings. The van der Waals surface area contributed by atoms with Crippen molar-refractivity contribution in [2.24, 2.45) is 0 Å². The van der Waals surface area contributed by atoms with Crippen LogP contribution in [0.25, 0.3) is 11.0 Å². The molecule has 0 radical (unpaired) electrons. The van der Waals surface area contributed by atoms with E-state index < -0.39 is 0 Å². The minimum absolute atomic E-state index is 0. The maximum Gasteiger partial charge on any atom is 1.00 e. The van der Waals surface area contributed by atoms with Crippen LogP contribution in [-0.2, 0) is 0 Å². The quantitative estimate of drug-likeness (QED) is 0.532. The van der Waals surface area contributed by atoms with Crippen LogP contribution in [0.5, 0.6) is 0 Å². The average Bonchev–Trinajstić information content (AvgIpc) is 2.04. The number of hydrogen-bond acceptors (Lipinski definition) is 2. The molecule has 13 heavy (non-hydrogen) atoms. The van der Waals surface area contributed by atoms with E-state index in [1.54, 1.807) is 12.3 Å². The average molecular weight is 245 g/mol. The molecule has 0 aliphatic carbocycles. The molecule has 0 saturated heterocycles. The molecular weight excluding hydrogens is 238 g/mol. The Balaban J connectivity index is 0.000000845. The predicted molar refractivity (Wildman–Crippen MR) is 46.1 cm³/mol. The third-order valence-electron chi connectivity index (χ3n) is 1.80. The summed E-state index contributed by atoms with van der Waals surface area (Å²) < 4.78 is 0. The van der Waals surface area contributed by atoms with Crippen molar-refractivity contribution < 1.29 is 58.2 Å². The summed E-state index contributed by atoms with van der Waals surface area (Å²) in [5.41, 5.74) is 1.38. The second-order valence-corrected chi connectivity index (χ2v) is 2.65. The van der Waals surface area contributed by atoms with Crippen molar-refractivity contribution in [1.82, 2.24) is 9.97 Å². The molecule has 2 aromatic rings. The van der Waals surface area contributed by atoms with Gasteiger partial charge in [-0.2, -0.15) is 0 Å². The largest absolute Gasteiger partial charge is 1.00 e. The van der Waals surface area contributed by atoms with Crippen LogP contribution < -0.4 is 68.7 Å². The van der Waals surface area contributed by atoms with E-state index in [1.165, 1.54) is 6.07 Å². The van der Waals surface area contributed by atoms with Gasteiger partial charge in [-0.15, -0.1) is 0 Å². The number of aromatic nitrogens is 2. The summed E-state index contributed by atoms with van der Waals surface area (Å²) in [6.07, 6.45) is 1.66. The first-order valence-electron chi connectivity index (χ1n) is 3.67. The summed E-state index contributed by atoms with van der Waals surface area (Å²) >= 11 is 0. The number of pyridine rings is 2. The van der Waals surface area contributed by atoms with Crippen molar-refractivity contribution in [3.63, 3.8) is 0 Å². The van der Waals surface area contributed by atoms with Gasteiger partial charge in [0.15, 0.2) is 5.56 Å². The van der Waals surface area contributed by atoms with E-state index >= 15 is 0 Å². The molecule has 0 unspecified atom stereocenters. The molecule has 0 atom stereocenters. The van der Waals surface area contributed by atoms with Crippen LogP contribution in [-0.4, -0.2) is 4.98 Å². The number of aryl methyl sites for hydroxylation is 1. The van der Waals surface area contributed by atoms with Crippen molar-refractivity contribution in [3.8, 4) is 0 Å². The Hall–Kier alpha value is 0.165. The molecular formula is C9H7N2ORb. The molecule has 0 aliphatic heterocycles. The molecule has 0 saturated carbocycles. The maximum absolute atomic E-state index is 10.8. The van der Waals surface area contributed by atoms with E-state index in [9.17, 15) is 4.79 Å². The van der Waals surface area contributed by atoms with Crippen LogP contribution in [0.2, 0.25) is 0 Å². The third-order valence-corrected chi connectivity index (χ3v) is 1.80. The monoisotopic (exact) mass is 244 g/mol. The molecule has 2 rings (SSSR count). The summed E-state index contributed by atoms with van der Waals surface area (Å²) in [6.45, 7) is 1.97. The van der Waals surface area contributed by atoms with E-state index in [0.717, 1.165) is 10.9 Å². The fourth-order valence-corrected chi connectivity index (χ4v) is 1.15. The number of nitrogens with zero attached hydrogens (tertiary/aromatic N) is 2. The number of fused-ring (bicyclic) bond motifs is 1. The zero-order valence-electron chi connectivity index (χ0n) is 7.61. The first kappa shape index (κ1) is 11.2. The Morgan fingerprint density at radius 1 is 1.31 bits per heavy atom. The van der Waals surface area contributed by atoms with Crippen LogP contribution >= 0.6 is 0 Å². The second-order valence-electron chi connectivity index (χ2n) is 2.65. The SMILES string of the molecule is Cc1ccnc2[n-]c(=O)ccc12.[Rb+]. The van der Waals surface area contributed by atoms with Crippen LogP contribution in [0, 0.1) is 6.92 Å².